The number of nitrogens with zero attached hydrogens (tertiary/aromatic N) is 1. The normalized spacial score (nSPS) is 14.8. The Labute approximate surface area is 126 Å². The summed E-state index contributed by atoms with van der Waals surface area (Å²) in [6, 6.07) is 13.6. The molecule has 0 spiro atoms. The van der Waals surface area contributed by atoms with Crippen LogP contribution < -0.4 is 10.2 Å². The minimum Gasteiger partial charge on any atom is -0.366 e. The first kappa shape index (κ1) is 13.6. The SMILES string of the molecule is Fc1cc(Br)ccc1CN1CCNCc2ccccc21. The molecule has 2 nitrogen and oxygen atoms in total. The highest BCUT2D eigenvalue weighted by Gasteiger charge is 2.16. The zero-order chi connectivity index (χ0) is 13.9. The van der Waals surface area contributed by atoms with Crippen LogP contribution in [0.2, 0.25) is 0 Å². The molecule has 0 aromatic heterocycles. The first-order valence-electron chi connectivity index (χ1n) is 6.71. The molecule has 0 saturated heterocycles. The molecular formula is C16H16BrFN2. The molecule has 0 aliphatic carbocycles. The van der Waals surface area contributed by atoms with E-state index in [1.807, 2.05) is 24.3 Å². The lowest BCUT2D eigenvalue weighted by molar-refractivity contribution is 0.601. The lowest BCUT2D eigenvalue weighted by Gasteiger charge is -2.25. The monoisotopic (exact) mass is 334 g/mol. The highest BCUT2D eigenvalue weighted by atomic mass is 79.9. The molecule has 0 amide bonds. The summed E-state index contributed by atoms with van der Waals surface area (Å²) in [6.45, 7) is 3.26. The van der Waals surface area contributed by atoms with E-state index in [-0.39, 0.29) is 5.82 Å². The number of halogens is 2. The molecule has 2 aromatic rings. The number of benzene rings is 2. The molecule has 0 bridgehead atoms. The van der Waals surface area contributed by atoms with Gasteiger partial charge in [-0.2, -0.15) is 0 Å². The van der Waals surface area contributed by atoms with Gasteiger partial charge in [-0.15, -0.1) is 0 Å². The van der Waals surface area contributed by atoms with Crippen molar-refractivity contribution >= 4 is 21.6 Å². The number of fused-ring (bicyclic) bond motifs is 1. The Morgan fingerprint density at radius 2 is 2.05 bits per heavy atom. The summed E-state index contributed by atoms with van der Waals surface area (Å²) in [6.07, 6.45) is 0. The molecule has 1 heterocycles. The maximum Gasteiger partial charge on any atom is 0.129 e. The van der Waals surface area contributed by atoms with Crippen LogP contribution in [-0.2, 0) is 13.1 Å². The number of hydrogen-bond donors (Lipinski definition) is 1. The second-order valence-corrected chi connectivity index (χ2v) is 5.88. The van der Waals surface area contributed by atoms with Gasteiger partial charge in [0.1, 0.15) is 5.82 Å². The molecule has 0 unspecified atom stereocenters. The average molecular weight is 335 g/mol. The van der Waals surface area contributed by atoms with Gasteiger partial charge >= 0.3 is 0 Å². The van der Waals surface area contributed by atoms with Crippen LogP contribution >= 0.6 is 15.9 Å². The highest BCUT2D eigenvalue weighted by molar-refractivity contribution is 9.10. The molecule has 4 heteroatoms. The molecule has 0 fully saturated rings. The third-order valence-corrected chi connectivity index (χ3v) is 4.08. The van der Waals surface area contributed by atoms with E-state index in [2.05, 4.69) is 38.3 Å². The molecule has 1 aliphatic heterocycles. The summed E-state index contributed by atoms with van der Waals surface area (Å²) in [4.78, 5) is 2.24. The maximum absolute atomic E-state index is 14.0. The first-order chi connectivity index (χ1) is 9.74. The van der Waals surface area contributed by atoms with Crippen molar-refractivity contribution in [1.29, 1.82) is 0 Å². The summed E-state index contributed by atoms with van der Waals surface area (Å²) >= 11 is 3.30. The quantitative estimate of drug-likeness (QED) is 0.900. The van der Waals surface area contributed by atoms with Gasteiger partial charge < -0.3 is 10.2 Å². The summed E-state index contributed by atoms with van der Waals surface area (Å²) < 4.78 is 14.8. The fraction of sp³-hybridized carbons (Fsp3) is 0.250. The number of anilines is 1. The van der Waals surface area contributed by atoms with Crippen LogP contribution in [0.15, 0.2) is 46.9 Å². The second-order valence-electron chi connectivity index (χ2n) is 4.96. The van der Waals surface area contributed by atoms with Gasteiger partial charge in [0.2, 0.25) is 0 Å². The molecule has 104 valence electrons. The summed E-state index contributed by atoms with van der Waals surface area (Å²) in [5.41, 5.74) is 3.19. The Morgan fingerprint density at radius 3 is 2.90 bits per heavy atom. The van der Waals surface area contributed by atoms with Crippen molar-refractivity contribution in [3.8, 4) is 0 Å². The molecule has 0 atom stereocenters. The standard InChI is InChI=1S/C16H16BrFN2/c17-14-6-5-13(15(18)9-14)11-20-8-7-19-10-12-3-1-2-4-16(12)20/h1-6,9,19H,7-8,10-11H2. The highest BCUT2D eigenvalue weighted by Crippen LogP contribution is 2.25. The van der Waals surface area contributed by atoms with Gasteiger partial charge in [0.15, 0.2) is 0 Å². The zero-order valence-corrected chi connectivity index (χ0v) is 12.7. The molecule has 3 rings (SSSR count). The van der Waals surface area contributed by atoms with Crippen molar-refractivity contribution < 1.29 is 4.39 Å². The van der Waals surface area contributed by atoms with E-state index < -0.39 is 0 Å². The predicted molar refractivity (Wildman–Crippen MR) is 83.3 cm³/mol. The van der Waals surface area contributed by atoms with Gasteiger partial charge in [-0.3, -0.25) is 0 Å². The maximum atomic E-state index is 14.0. The van der Waals surface area contributed by atoms with Crippen molar-refractivity contribution in [2.75, 3.05) is 18.0 Å². The van der Waals surface area contributed by atoms with E-state index in [4.69, 9.17) is 0 Å². The number of nitrogens with one attached hydrogen (secondary N) is 1. The van der Waals surface area contributed by atoms with Gasteiger partial charge in [0, 0.05) is 41.9 Å². The van der Waals surface area contributed by atoms with Crippen LogP contribution in [0, 0.1) is 5.82 Å². The van der Waals surface area contributed by atoms with Crippen LogP contribution in [0.4, 0.5) is 10.1 Å². The van der Waals surface area contributed by atoms with Gasteiger partial charge in [-0.05, 0) is 23.8 Å². The average Bonchev–Trinajstić information content (AvgIpc) is 2.65. The smallest absolute Gasteiger partial charge is 0.129 e. The molecule has 1 aliphatic rings. The largest absolute Gasteiger partial charge is 0.366 e. The Bertz CT molecular complexity index is 615. The minimum atomic E-state index is -0.158. The number of para-hydroxylation sites is 1. The van der Waals surface area contributed by atoms with Gasteiger partial charge in [0.05, 0.1) is 0 Å². The van der Waals surface area contributed by atoms with Crippen LogP contribution in [0.25, 0.3) is 0 Å². The molecular weight excluding hydrogens is 319 g/mol. The molecule has 2 aromatic carbocycles. The van der Waals surface area contributed by atoms with Gasteiger partial charge in [-0.1, -0.05) is 40.2 Å². The minimum absolute atomic E-state index is 0.158. The summed E-state index contributed by atoms with van der Waals surface area (Å²) in [7, 11) is 0. The van der Waals surface area contributed by atoms with Crippen molar-refractivity contribution in [2.45, 2.75) is 13.1 Å². The zero-order valence-electron chi connectivity index (χ0n) is 11.1. The Balaban J connectivity index is 1.90. The lowest BCUT2D eigenvalue weighted by atomic mass is 10.1. The van der Waals surface area contributed by atoms with E-state index in [1.165, 1.54) is 17.3 Å². The number of hydrogen-bond acceptors (Lipinski definition) is 2. The molecule has 20 heavy (non-hydrogen) atoms. The van der Waals surface area contributed by atoms with Gasteiger partial charge in [0.25, 0.3) is 0 Å². The van der Waals surface area contributed by atoms with E-state index in [9.17, 15) is 4.39 Å². The predicted octanol–water partition coefficient (Wildman–Crippen LogP) is 3.70. The van der Waals surface area contributed by atoms with Crippen LogP contribution in [0.5, 0.6) is 0 Å². The van der Waals surface area contributed by atoms with Gasteiger partial charge in [-0.25, -0.2) is 4.39 Å². The summed E-state index contributed by atoms with van der Waals surface area (Å²) in [5.74, 6) is -0.158. The first-order valence-corrected chi connectivity index (χ1v) is 7.51. The van der Waals surface area contributed by atoms with Crippen molar-refractivity contribution in [2.24, 2.45) is 0 Å². The van der Waals surface area contributed by atoms with E-state index in [1.54, 1.807) is 0 Å². The fourth-order valence-corrected chi connectivity index (χ4v) is 2.88. The van der Waals surface area contributed by atoms with Crippen molar-refractivity contribution in [1.82, 2.24) is 5.32 Å². The third-order valence-electron chi connectivity index (χ3n) is 3.58. The van der Waals surface area contributed by atoms with Crippen LogP contribution in [-0.4, -0.2) is 13.1 Å². The Morgan fingerprint density at radius 1 is 1.20 bits per heavy atom. The van der Waals surface area contributed by atoms with Crippen LogP contribution in [0.1, 0.15) is 11.1 Å². The Kier molecular flexibility index (Phi) is 4.03. The Hall–Kier alpha value is -1.39. The topological polar surface area (TPSA) is 15.3 Å². The van der Waals surface area contributed by atoms with E-state index in [0.717, 1.165) is 29.7 Å². The fourth-order valence-electron chi connectivity index (χ4n) is 2.55. The summed E-state index contributed by atoms with van der Waals surface area (Å²) in [5, 5.41) is 3.40. The lowest BCUT2D eigenvalue weighted by Crippen LogP contribution is -2.28. The molecule has 0 saturated carbocycles. The van der Waals surface area contributed by atoms with E-state index in [0.29, 0.717) is 6.54 Å². The number of rotatable bonds is 2. The molecule has 0 radical (unpaired) electrons. The molecule has 1 N–H and O–H groups in total. The van der Waals surface area contributed by atoms with E-state index >= 15 is 0 Å². The van der Waals surface area contributed by atoms with Crippen molar-refractivity contribution in [3.63, 3.8) is 0 Å². The second kappa shape index (κ2) is 5.94. The third kappa shape index (κ3) is 2.86. The van der Waals surface area contributed by atoms with Crippen molar-refractivity contribution in [3.05, 3.63) is 63.9 Å². The van der Waals surface area contributed by atoms with Crippen LogP contribution in [0.3, 0.4) is 0 Å².